The summed E-state index contributed by atoms with van der Waals surface area (Å²) >= 11 is 0. The Morgan fingerprint density at radius 3 is 2.11 bits per heavy atom. The molecule has 3 aliphatic rings. The van der Waals surface area contributed by atoms with E-state index in [0.717, 1.165) is 54.5 Å². The van der Waals surface area contributed by atoms with Crippen LogP contribution in [0.2, 0.25) is 0 Å². The van der Waals surface area contributed by atoms with Crippen molar-refractivity contribution >= 4 is 74.2 Å². The number of allylic oxidation sites excluding steroid dienone is 3. The van der Waals surface area contributed by atoms with E-state index in [9.17, 15) is 19.5 Å². The first-order chi connectivity index (χ1) is 30.9. The van der Waals surface area contributed by atoms with Gasteiger partial charge in [-0.3, -0.25) is 19.6 Å². The predicted octanol–water partition coefficient (Wildman–Crippen LogP) is 12.7. The third-order valence-corrected chi connectivity index (χ3v) is 14.2. The number of ketones is 1. The Balaban J connectivity index is 0.00000817. The van der Waals surface area contributed by atoms with Crippen molar-refractivity contribution in [1.82, 2.24) is 19.9 Å². The minimum absolute atomic E-state index is 0. The molecule has 3 aromatic heterocycles. The molecule has 11 heteroatoms. The second-order valence-corrected chi connectivity index (χ2v) is 19.6. The number of hydrogen-bond donors (Lipinski definition) is 1. The fraction of sp³-hybridized carbons (Fsp3) is 0.545. The van der Waals surface area contributed by atoms with Gasteiger partial charge in [-0.1, -0.05) is 114 Å². The minimum Gasteiger partial charge on any atom is -0.657 e. The molecule has 0 spiro atoms. The van der Waals surface area contributed by atoms with Gasteiger partial charge < -0.3 is 24.5 Å². The van der Waals surface area contributed by atoms with Gasteiger partial charge >= 0.3 is 35.0 Å². The number of carbonyl (C=O) groups excluding carboxylic acids is 3. The molecule has 0 amide bonds. The summed E-state index contributed by atoms with van der Waals surface area (Å²) in [7, 11) is 1.29. The Morgan fingerprint density at radius 2 is 1.42 bits per heavy atom. The van der Waals surface area contributed by atoms with Crippen LogP contribution < -0.4 is 9.97 Å². The predicted molar refractivity (Wildman–Crippen MR) is 267 cm³/mol. The second kappa shape index (κ2) is 23.0. The molecule has 0 radical (unpaired) electrons. The van der Waals surface area contributed by atoms with Crippen molar-refractivity contribution in [2.45, 2.75) is 170 Å². The van der Waals surface area contributed by atoms with Gasteiger partial charge in [0.1, 0.15) is 17.9 Å². The molecule has 1 N–H and O–H groups in total. The van der Waals surface area contributed by atoms with Crippen LogP contribution in [-0.4, -0.2) is 69.6 Å². The van der Waals surface area contributed by atoms with Crippen LogP contribution in [0.1, 0.15) is 212 Å². The van der Waals surface area contributed by atoms with Crippen molar-refractivity contribution in [3.05, 3.63) is 92.1 Å². The van der Waals surface area contributed by atoms with Crippen molar-refractivity contribution in [3.8, 4) is 0 Å². The van der Waals surface area contributed by atoms with Gasteiger partial charge in [-0.05, 0) is 91.1 Å². The van der Waals surface area contributed by atoms with E-state index in [1.807, 2.05) is 45.0 Å². The van der Waals surface area contributed by atoms with Crippen LogP contribution in [0.3, 0.4) is 0 Å². The van der Waals surface area contributed by atoms with Crippen LogP contribution in [0.25, 0.3) is 33.4 Å². The van der Waals surface area contributed by atoms with E-state index in [2.05, 4.69) is 54.5 Å². The first-order valence-corrected chi connectivity index (χ1v) is 24.1. The number of hydrogen-bond acceptors (Lipinski definition) is 8. The SMILES string of the molecule is CC[C@H]1c2cc3[n-]c4c(c5nc(cc6[n-]c(cc(n2)[C@@H]1C)c(C(C)=O)c6C)[C@@H](C)[C@@H]5CCC(=O)OC/C=C(\C)CC/C=C(\C)CCC[C@H](C)CCCC(C)C)C(C(=O)OC)=C(O)c4c3C.[Mg+2]. The van der Waals surface area contributed by atoms with Crippen LogP contribution in [0, 0.1) is 25.7 Å². The summed E-state index contributed by atoms with van der Waals surface area (Å²) in [5.74, 6) is -0.211. The largest absolute Gasteiger partial charge is 2.00 e. The number of fused-ring (bicyclic) bond motifs is 8. The summed E-state index contributed by atoms with van der Waals surface area (Å²) in [6.45, 7) is 23.1. The van der Waals surface area contributed by atoms with Crippen LogP contribution in [-0.2, 0) is 19.1 Å². The number of aryl methyl sites for hydroxylation is 2. The van der Waals surface area contributed by atoms with E-state index in [-0.39, 0.29) is 82.8 Å². The molecule has 0 saturated heterocycles. The third-order valence-electron chi connectivity index (χ3n) is 14.2. The quantitative estimate of drug-likeness (QED) is 0.0534. The number of rotatable bonds is 19. The molecule has 5 heterocycles. The Labute approximate surface area is 409 Å². The zero-order valence-corrected chi connectivity index (χ0v) is 43.2. The van der Waals surface area contributed by atoms with Gasteiger partial charge in [-0.15, -0.1) is 22.1 Å². The topological polar surface area (TPSA) is 144 Å². The van der Waals surface area contributed by atoms with Gasteiger partial charge in [0.05, 0.1) is 12.8 Å². The molecular formula is C55H72MgN4O6. The average molecular weight is 910 g/mol. The smallest absolute Gasteiger partial charge is 0.657 e. The van der Waals surface area contributed by atoms with E-state index < -0.39 is 5.97 Å². The maximum atomic E-state index is 13.6. The van der Waals surface area contributed by atoms with Gasteiger partial charge in [0.2, 0.25) is 0 Å². The molecule has 1 aliphatic carbocycles. The number of Topliss-reactive ketones (excluding diaryl/α,β-unsaturated/α-hetero) is 1. The molecule has 0 unspecified atom stereocenters. The first-order valence-electron chi connectivity index (χ1n) is 24.1. The molecule has 350 valence electrons. The summed E-state index contributed by atoms with van der Waals surface area (Å²) in [5, 5.41) is 11.9. The fourth-order valence-corrected chi connectivity index (χ4v) is 10.1. The summed E-state index contributed by atoms with van der Waals surface area (Å²) in [6.07, 6.45) is 15.1. The van der Waals surface area contributed by atoms with Crippen molar-refractivity contribution in [2.75, 3.05) is 13.7 Å². The van der Waals surface area contributed by atoms with Gasteiger partial charge in [-0.25, -0.2) is 4.79 Å². The van der Waals surface area contributed by atoms with Crippen LogP contribution >= 0.6 is 0 Å². The number of aliphatic hydroxyl groups excluding tert-OH is 1. The number of ether oxygens (including phenoxy) is 2. The monoisotopic (exact) mass is 909 g/mol. The molecular weight excluding hydrogens is 837 g/mol. The number of nitrogens with zero attached hydrogens (tertiary/aromatic N) is 4. The summed E-state index contributed by atoms with van der Waals surface area (Å²) in [6, 6.07) is 5.82. The standard InChI is InChI=1S/C55H74N4O6.Mg/c1-13-39-34(7)41-29-46-48(38(11)60)36(9)43(57-46)27-42-35(8)40(52(58-42)50-51(55(63)64-12)54(62)49-37(10)44(59-53(49)50)28-45(39)56-41)23-24-47(61)65-26-25-33(6)22-16-21-32(5)20-15-19-31(4)18-14-17-30(2)3;/h21,25,27-31,34-35,39-40H,13-20,22-24,26H2,1-12H3,(H3,56,57,58,59,60,62,63);/q;+2/p-2/b32-21+,33-25+;/t31-,34-,35+,39-,40+;/m1./s1. The number of aromatic nitrogens is 4. The van der Waals surface area contributed by atoms with Crippen LogP contribution in [0.4, 0.5) is 0 Å². The Bertz CT molecular complexity index is 2560. The molecule has 8 bridgehead atoms. The van der Waals surface area contributed by atoms with Crippen molar-refractivity contribution in [2.24, 2.45) is 11.8 Å². The number of aliphatic hydroxyl groups is 1. The van der Waals surface area contributed by atoms with E-state index >= 15 is 0 Å². The average Bonchev–Trinajstić information content (AvgIpc) is 4.00. The molecule has 5 atom stereocenters. The minimum atomic E-state index is -0.703. The van der Waals surface area contributed by atoms with Crippen molar-refractivity contribution in [3.63, 3.8) is 0 Å². The van der Waals surface area contributed by atoms with E-state index in [1.54, 1.807) is 6.92 Å². The molecule has 10 nitrogen and oxygen atoms in total. The third kappa shape index (κ3) is 11.6. The number of esters is 2. The van der Waals surface area contributed by atoms with E-state index in [0.29, 0.717) is 62.1 Å². The molecule has 0 aromatic carbocycles. The van der Waals surface area contributed by atoms with Crippen LogP contribution in [0.5, 0.6) is 0 Å². The summed E-state index contributed by atoms with van der Waals surface area (Å²) in [5.41, 5.74) is 10.7. The molecule has 3 aromatic rings. The van der Waals surface area contributed by atoms with E-state index in [1.165, 1.54) is 50.4 Å². The second-order valence-electron chi connectivity index (χ2n) is 19.6. The molecule has 66 heavy (non-hydrogen) atoms. The molecule has 0 fully saturated rings. The van der Waals surface area contributed by atoms with Gasteiger partial charge in [0.15, 0.2) is 5.78 Å². The van der Waals surface area contributed by atoms with Crippen LogP contribution in [0.15, 0.2) is 41.5 Å². The zero-order chi connectivity index (χ0) is 47.3. The summed E-state index contributed by atoms with van der Waals surface area (Å²) < 4.78 is 11.0. The van der Waals surface area contributed by atoms with E-state index in [4.69, 9.17) is 29.4 Å². The Hall–Kier alpha value is -4.48. The Kier molecular flexibility index (Phi) is 18.3. The fourth-order valence-electron chi connectivity index (χ4n) is 10.1. The zero-order valence-electron chi connectivity index (χ0n) is 41.8. The summed E-state index contributed by atoms with van der Waals surface area (Å²) in [4.78, 5) is 60.6. The molecule has 2 aliphatic heterocycles. The first kappa shape index (κ1) is 52.5. The van der Waals surface area contributed by atoms with Gasteiger partial charge in [0, 0.05) is 63.9 Å². The van der Waals surface area contributed by atoms with Crippen molar-refractivity contribution in [1.29, 1.82) is 0 Å². The normalized spacial score (nSPS) is 18.7. The number of methoxy groups -OCH3 is 1. The van der Waals surface area contributed by atoms with Gasteiger partial charge in [-0.2, -0.15) is 0 Å². The van der Waals surface area contributed by atoms with Crippen molar-refractivity contribution < 1.29 is 29.0 Å². The molecule has 6 rings (SSSR count). The Morgan fingerprint density at radius 1 is 0.788 bits per heavy atom. The number of carbonyl (C=O) groups is 3. The maximum Gasteiger partial charge on any atom is 2.00 e. The molecule has 0 saturated carbocycles. The maximum absolute atomic E-state index is 13.6. The van der Waals surface area contributed by atoms with Gasteiger partial charge in [0.25, 0.3) is 0 Å².